The Morgan fingerprint density at radius 2 is 1.95 bits per heavy atom. The van der Waals surface area contributed by atoms with E-state index in [1.54, 1.807) is 0 Å². The van der Waals surface area contributed by atoms with Crippen LogP contribution in [0, 0.1) is 6.92 Å². The zero-order valence-corrected chi connectivity index (χ0v) is 13.3. The predicted molar refractivity (Wildman–Crippen MR) is 83.9 cm³/mol. The van der Waals surface area contributed by atoms with Gasteiger partial charge in [-0.2, -0.15) is 4.37 Å². The topological polar surface area (TPSA) is 38.2 Å². The molecule has 0 saturated heterocycles. The number of likely N-dealkylation sites (N-methyl/N-ethyl adjacent to an activating group) is 1. The summed E-state index contributed by atoms with van der Waals surface area (Å²) in [7, 11) is 2.02. The number of rotatable bonds is 6. The van der Waals surface area contributed by atoms with Crippen LogP contribution in [0.4, 0.5) is 5.13 Å². The number of hydrogen-bond acceptors (Lipinski definition) is 5. The van der Waals surface area contributed by atoms with Gasteiger partial charge in [0.25, 0.3) is 0 Å². The SMILES string of the molecule is Cc1ccc(OCCN(C)c2nc(C(C)C)ns2)cc1. The summed E-state index contributed by atoms with van der Waals surface area (Å²) < 4.78 is 10.1. The molecule has 0 fully saturated rings. The Labute approximate surface area is 124 Å². The maximum atomic E-state index is 5.72. The number of aryl methyl sites for hydroxylation is 1. The molecule has 2 aromatic rings. The van der Waals surface area contributed by atoms with Gasteiger partial charge in [0.2, 0.25) is 5.13 Å². The van der Waals surface area contributed by atoms with E-state index in [-0.39, 0.29) is 0 Å². The monoisotopic (exact) mass is 291 g/mol. The van der Waals surface area contributed by atoms with Crippen molar-refractivity contribution < 1.29 is 4.74 Å². The van der Waals surface area contributed by atoms with Crippen molar-refractivity contribution in [3.05, 3.63) is 35.7 Å². The lowest BCUT2D eigenvalue weighted by atomic mass is 10.2. The summed E-state index contributed by atoms with van der Waals surface area (Å²) in [5, 5.41) is 0.946. The predicted octanol–water partition coefficient (Wildman–Crippen LogP) is 3.49. The fourth-order valence-corrected chi connectivity index (χ4v) is 2.44. The molecule has 1 aromatic carbocycles. The molecule has 2 rings (SSSR count). The van der Waals surface area contributed by atoms with E-state index < -0.39 is 0 Å². The maximum absolute atomic E-state index is 5.72. The van der Waals surface area contributed by atoms with Gasteiger partial charge in [-0.25, -0.2) is 4.98 Å². The summed E-state index contributed by atoms with van der Waals surface area (Å²) in [5.74, 6) is 2.19. The first kappa shape index (κ1) is 14.8. The molecule has 0 saturated carbocycles. The van der Waals surface area contributed by atoms with Crippen molar-refractivity contribution >= 4 is 16.7 Å². The average molecular weight is 291 g/mol. The third-order valence-corrected chi connectivity index (χ3v) is 3.83. The van der Waals surface area contributed by atoms with Crippen LogP contribution >= 0.6 is 11.5 Å². The molecular formula is C15H21N3OS. The molecule has 0 bridgehead atoms. The van der Waals surface area contributed by atoms with Gasteiger partial charge in [-0.05, 0) is 19.1 Å². The average Bonchev–Trinajstić information content (AvgIpc) is 2.91. The number of anilines is 1. The first-order valence-corrected chi connectivity index (χ1v) is 7.58. The Hall–Kier alpha value is -1.62. The smallest absolute Gasteiger partial charge is 0.205 e. The van der Waals surface area contributed by atoms with Gasteiger partial charge in [-0.3, -0.25) is 0 Å². The molecule has 0 radical (unpaired) electrons. The molecule has 5 heteroatoms. The second-order valence-corrected chi connectivity index (χ2v) is 5.90. The van der Waals surface area contributed by atoms with Crippen LogP contribution in [0.2, 0.25) is 0 Å². The highest BCUT2D eigenvalue weighted by Crippen LogP contribution is 2.20. The summed E-state index contributed by atoms with van der Waals surface area (Å²) in [5.41, 5.74) is 1.24. The highest BCUT2D eigenvalue weighted by Gasteiger charge is 2.10. The van der Waals surface area contributed by atoms with Crippen molar-refractivity contribution in [2.24, 2.45) is 0 Å². The molecule has 20 heavy (non-hydrogen) atoms. The van der Waals surface area contributed by atoms with Crippen molar-refractivity contribution in [2.75, 3.05) is 25.1 Å². The van der Waals surface area contributed by atoms with Crippen LogP contribution in [-0.2, 0) is 0 Å². The number of hydrogen-bond donors (Lipinski definition) is 0. The molecule has 4 nitrogen and oxygen atoms in total. The van der Waals surface area contributed by atoms with E-state index in [9.17, 15) is 0 Å². The zero-order valence-electron chi connectivity index (χ0n) is 12.5. The third-order valence-electron chi connectivity index (χ3n) is 2.99. The van der Waals surface area contributed by atoms with Crippen molar-refractivity contribution in [3.63, 3.8) is 0 Å². The minimum atomic E-state index is 0.372. The number of aromatic nitrogens is 2. The van der Waals surface area contributed by atoms with Crippen LogP contribution < -0.4 is 9.64 Å². The first-order chi connectivity index (χ1) is 9.56. The van der Waals surface area contributed by atoms with E-state index in [0.717, 1.165) is 23.3 Å². The van der Waals surface area contributed by atoms with Crippen LogP contribution in [0.3, 0.4) is 0 Å². The Morgan fingerprint density at radius 1 is 1.25 bits per heavy atom. The Kier molecular flexibility index (Phi) is 4.95. The van der Waals surface area contributed by atoms with E-state index in [0.29, 0.717) is 12.5 Å². The van der Waals surface area contributed by atoms with Gasteiger partial charge in [-0.15, -0.1) is 0 Å². The fraction of sp³-hybridized carbons (Fsp3) is 0.467. The summed E-state index contributed by atoms with van der Waals surface area (Å²) in [6.45, 7) is 7.70. The summed E-state index contributed by atoms with van der Waals surface area (Å²) in [6.07, 6.45) is 0. The maximum Gasteiger partial charge on any atom is 0.205 e. The lowest BCUT2D eigenvalue weighted by Crippen LogP contribution is -2.23. The minimum absolute atomic E-state index is 0.372. The van der Waals surface area contributed by atoms with Crippen LogP contribution in [0.1, 0.15) is 31.2 Å². The van der Waals surface area contributed by atoms with Gasteiger partial charge in [0.15, 0.2) is 0 Å². The largest absolute Gasteiger partial charge is 0.492 e. The molecule has 0 atom stereocenters. The van der Waals surface area contributed by atoms with Crippen molar-refractivity contribution in [1.29, 1.82) is 0 Å². The van der Waals surface area contributed by atoms with Gasteiger partial charge >= 0.3 is 0 Å². The van der Waals surface area contributed by atoms with E-state index in [1.165, 1.54) is 17.1 Å². The fourth-order valence-electron chi connectivity index (χ4n) is 1.65. The van der Waals surface area contributed by atoms with Crippen LogP contribution in [0.25, 0.3) is 0 Å². The molecule has 0 aliphatic carbocycles. The normalized spacial score (nSPS) is 10.8. The lowest BCUT2D eigenvalue weighted by Gasteiger charge is -2.15. The van der Waals surface area contributed by atoms with Gasteiger partial charge in [-0.1, -0.05) is 31.5 Å². The van der Waals surface area contributed by atoms with Crippen molar-refractivity contribution in [1.82, 2.24) is 9.36 Å². The molecule has 0 N–H and O–H groups in total. The quantitative estimate of drug-likeness (QED) is 0.816. The van der Waals surface area contributed by atoms with Crippen molar-refractivity contribution in [2.45, 2.75) is 26.7 Å². The summed E-state index contributed by atoms with van der Waals surface area (Å²) >= 11 is 1.44. The molecular weight excluding hydrogens is 270 g/mol. The highest BCUT2D eigenvalue weighted by molar-refractivity contribution is 7.09. The standard InChI is InChI=1S/C15H21N3OS/c1-11(2)14-16-15(20-17-14)18(4)9-10-19-13-7-5-12(3)6-8-13/h5-8,11H,9-10H2,1-4H3. The molecule has 0 amide bonds. The number of ether oxygens (including phenoxy) is 1. The second-order valence-electron chi connectivity index (χ2n) is 5.17. The van der Waals surface area contributed by atoms with Gasteiger partial charge in [0.1, 0.15) is 18.2 Å². The van der Waals surface area contributed by atoms with Crippen LogP contribution in [0.5, 0.6) is 5.75 Å². The van der Waals surface area contributed by atoms with Crippen LogP contribution in [-0.4, -0.2) is 29.6 Å². The molecule has 0 spiro atoms. The zero-order chi connectivity index (χ0) is 14.5. The molecule has 108 valence electrons. The Bertz CT molecular complexity index is 536. The molecule has 0 aliphatic heterocycles. The minimum Gasteiger partial charge on any atom is -0.492 e. The molecule has 0 aliphatic rings. The highest BCUT2D eigenvalue weighted by atomic mass is 32.1. The number of benzene rings is 1. The Balaban J connectivity index is 1.82. The molecule has 1 heterocycles. The number of nitrogens with zero attached hydrogens (tertiary/aromatic N) is 3. The molecule has 0 unspecified atom stereocenters. The third kappa shape index (κ3) is 3.93. The van der Waals surface area contributed by atoms with E-state index >= 15 is 0 Å². The first-order valence-electron chi connectivity index (χ1n) is 6.80. The second kappa shape index (κ2) is 6.70. The van der Waals surface area contributed by atoms with E-state index in [4.69, 9.17) is 4.74 Å². The van der Waals surface area contributed by atoms with Crippen molar-refractivity contribution in [3.8, 4) is 5.75 Å². The molecule has 1 aromatic heterocycles. The summed E-state index contributed by atoms with van der Waals surface area (Å²) in [4.78, 5) is 6.61. The van der Waals surface area contributed by atoms with E-state index in [1.807, 2.05) is 19.2 Å². The lowest BCUT2D eigenvalue weighted by molar-refractivity contribution is 0.326. The van der Waals surface area contributed by atoms with Gasteiger partial charge in [0.05, 0.1) is 6.54 Å². The summed E-state index contributed by atoms with van der Waals surface area (Å²) in [6, 6.07) is 8.10. The van der Waals surface area contributed by atoms with Gasteiger partial charge in [0, 0.05) is 24.5 Å². The van der Waals surface area contributed by atoms with Crippen LogP contribution in [0.15, 0.2) is 24.3 Å². The van der Waals surface area contributed by atoms with E-state index in [2.05, 4.69) is 47.2 Å². The van der Waals surface area contributed by atoms with Gasteiger partial charge < -0.3 is 9.64 Å². The Morgan fingerprint density at radius 3 is 2.55 bits per heavy atom.